The van der Waals surface area contributed by atoms with E-state index in [0.717, 1.165) is 23.2 Å². The molecule has 0 unspecified atom stereocenters. The Morgan fingerprint density at radius 3 is 2.25 bits per heavy atom. The molecule has 4 nitrogen and oxygen atoms in total. The van der Waals surface area contributed by atoms with Gasteiger partial charge < -0.3 is 10.2 Å². The van der Waals surface area contributed by atoms with Gasteiger partial charge in [0.2, 0.25) is 5.91 Å². The molecular formula is C23H27ClN2O2. The van der Waals surface area contributed by atoms with Gasteiger partial charge in [0.05, 0.1) is 10.7 Å². The fraction of sp³-hybridized carbons (Fsp3) is 0.391. The number of benzene rings is 2. The van der Waals surface area contributed by atoms with E-state index in [1.165, 1.54) is 0 Å². The van der Waals surface area contributed by atoms with Crippen LogP contribution in [-0.2, 0) is 4.79 Å². The average molecular weight is 399 g/mol. The van der Waals surface area contributed by atoms with E-state index in [4.69, 9.17) is 11.6 Å². The lowest BCUT2D eigenvalue weighted by molar-refractivity contribution is -0.117. The van der Waals surface area contributed by atoms with Crippen LogP contribution in [0.15, 0.2) is 36.4 Å². The first kappa shape index (κ1) is 20.4. The quantitative estimate of drug-likeness (QED) is 0.674. The van der Waals surface area contributed by atoms with E-state index < -0.39 is 0 Å². The number of anilines is 2. The zero-order valence-electron chi connectivity index (χ0n) is 16.9. The lowest BCUT2D eigenvalue weighted by Gasteiger charge is -2.21. The summed E-state index contributed by atoms with van der Waals surface area (Å²) in [6, 6.07) is 11.3. The molecule has 0 spiro atoms. The Morgan fingerprint density at radius 1 is 1.07 bits per heavy atom. The molecule has 1 saturated heterocycles. The first-order valence-corrected chi connectivity index (χ1v) is 10.2. The van der Waals surface area contributed by atoms with Crippen molar-refractivity contribution in [3.63, 3.8) is 0 Å². The normalized spacial score (nSPS) is 14.2. The SMILES string of the molecule is CC(C)c1cccc(C(C)C)c1NC(=O)c1ccc(Cl)c(N2CCCC2=O)c1. The van der Waals surface area contributed by atoms with Gasteiger partial charge in [-0.3, -0.25) is 9.59 Å². The van der Waals surface area contributed by atoms with Gasteiger partial charge in [0.25, 0.3) is 5.91 Å². The number of nitrogens with one attached hydrogen (secondary N) is 1. The summed E-state index contributed by atoms with van der Waals surface area (Å²) in [6.45, 7) is 9.11. The predicted molar refractivity (Wildman–Crippen MR) is 116 cm³/mol. The van der Waals surface area contributed by atoms with Gasteiger partial charge in [-0.05, 0) is 47.6 Å². The van der Waals surface area contributed by atoms with Crippen molar-refractivity contribution < 1.29 is 9.59 Å². The van der Waals surface area contributed by atoms with Gasteiger partial charge in [0.15, 0.2) is 0 Å². The molecule has 1 aliphatic heterocycles. The molecule has 0 saturated carbocycles. The molecule has 0 atom stereocenters. The number of rotatable bonds is 5. The largest absolute Gasteiger partial charge is 0.321 e. The highest BCUT2D eigenvalue weighted by molar-refractivity contribution is 6.34. The van der Waals surface area contributed by atoms with Crippen LogP contribution in [0.2, 0.25) is 5.02 Å². The fourth-order valence-corrected chi connectivity index (χ4v) is 3.86. The van der Waals surface area contributed by atoms with Crippen LogP contribution in [-0.4, -0.2) is 18.4 Å². The number of hydrogen-bond donors (Lipinski definition) is 1. The van der Waals surface area contributed by atoms with Crippen molar-refractivity contribution in [2.24, 2.45) is 0 Å². The smallest absolute Gasteiger partial charge is 0.255 e. The second kappa shape index (κ2) is 8.36. The maximum Gasteiger partial charge on any atom is 0.255 e. The van der Waals surface area contributed by atoms with Crippen molar-refractivity contribution in [1.82, 2.24) is 0 Å². The first-order valence-electron chi connectivity index (χ1n) is 9.83. The second-order valence-corrected chi connectivity index (χ2v) is 8.30. The van der Waals surface area contributed by atoms with Crippen LogP contribution in [0.5, 0.6) is 0 Å². The number of halogens is 1. The maximum atomic E-state index is 13.1. The minimum Gasteiger partial charge on any atom is -0.321 e. The summed E-state index contributed by atoms with van der Waals surface area (Å²) in [5.41, 5.74) is 4.21. The molecule has 1 N–H and O–H groups in total. The van der Waals surface area contributed by atoms with E-state index in [9.17, 15) is 9.59 Å². The molecule has 0 bridgehead atoms. The van der Waals surface area contributed by atoms with Crippen molar-refractivity contribution in [3.05, 3.63) is 58.1 Å². The average Bonchev–Trinajstić information content (AvgIpc) is 3.07. The molecule has 0 aliphatic carbocycles. The summed E-state index contributed by atoms with van der Waals surface area (Å²) >= 11 is 6.31. The number of carbonyl (C=O) groups is 2. The van der Waals surface area contributed by atoms with Crippen LogP contribution < -0.4 is 10.2 Å². The molecule has 0 radical (unpaired) electrons. The fourth-order valence-electron chi connectivity index (χ4n) is 3.64. The molecule has 2 aromatic carbocycles. The molecule has 1 heterocycles. The topological polar surface area (TPSA) is 49.4 Å². The van der Waals surface area contributed by atoms with Crippen molar-refractivity contribution in [3.8, 4) is 0 Å². The van der Waals surface area contributed by atoms with E-state index in [0.29, 0.717) is 29.2 Å². The number of nitrogens with zero attached hydrogens (tertiary/aromatic N) is 1. The van der Waals surface area contributed by atoms with E-state index in [1.54, 1.807) is 23.1 Å². The number of hydrogen-bond acceptors (Lipinski definition) is 2. The molecule has 0 aromatic heterocycles. The summed E-state index contributed by atoms with van der Waals surface area (Å²) in [5, 5.41) is 3.60. The van der Waals surface area contributed by atoms with Crippen molar-refractivity contribution in [1.29, 1.82) is 0 Å². The monoisotopic (exact) mass is 398 g/mol. The number of carbonyl (C=O) groups excluding carboxylic acids is 2. The van der Waals surface area contributed by atoms with E-state index >= 15 is 0 Å². The molecule has 1 fully saturated rings. The molecule has 148 valence electrons. The zero-order valence-corrected chi connectivity index (χ0v) is 17.6. The third kappa shape index (κ3) is 4.07. The van der Waals surface area contributed by atoms with Crippen LogP contribution in [0.3, 0.4) is 0 Å². The Hall–Kier alpha value is -2.33. The minimum absolute atomic E-state index is 0.0479. The number of amides is 2. The summed E-state index contributed by atoms with van der Waals surface area (Å²) in [4.78, 5) is 26.8. The summed E-state index contributed by atoms with van der Waals surface area (Å²) < 4.78 is 0. The molecule has 1 aliphatic rings. The van der Waals surface area contributed by atoms with Gasteiger partial charge >= 0.3 is 0 Å². The molecule has 3 rings (SSSR count). The van der Waals surface area contributed by atoms with E-state index in [2.05, 4.69) is 45.1 Å². The maximum absolute atomic E-state index is 13.1. The van der Waals surface area contributed by atoms with Gasteiger partial charge in [-0.2, -0.15) is 0 Å². The van der Waals surface area contributed by atoms with E-state index in [1.807, 2.05) is 6.07 Å². The molecule has 28 heavy (non-hydrogen) atoms. The third-order valence-corrected chi connectivity index (χ3v) is 5.50. The Labute approximate surface area is 171 Å². The highest BCUT2D eigenvalue weighted by Crippen LogP contribution is 2.34. The molecule has 2 aromatic rings. The molecule has 5 heteroatoms. The van der Waals surface area contributed by atoms with Crippen LogP contribution in [0.4, 0.5) is 11.4 Å². The number of para-hydroxylation sites is 1. The summed E-state index contributed by atoms with van der Waals surface area (Å²) in [6.07, 6.45) is 1.33. The minimum atomic E-state index is -0.195. The van der Waals surface area contributed by atoms with Crippen LogP contribution in [0.1, 0.15) is 73.9 Å². The summed E-state index contributed by atoms with van der Waals surface area (Å²) in [5.74, 6) is 0.431. The van der Waals surface area contributed by atoms with Crippen molar-refractivity contribution in [2.75, 3.05) is 16.8 Å². The lowest BCUT2D eigenvalue weighted by Crippen LogP contribution is -2.24. The van der Waals surface area contributed by atoms with Crippen LogP contribution >= 0.6 is 11.6 Å². The second-order valence-electron chi connectivity index (χ2n) is 7.89. The van der Waals surface area contributed by atoms with Gasteiger partial charge in [0.1, 0.15) is 0 Å². The molecule has 2 amide bonds. The van der Waals surface area contributed by atoms with Gasteiger partial charge in [-0.1, -0.05) is 57.5 Å². The Balaban J connectivity index is 1.95. The van der Waals surface area contributed by atoms with Crippen LogP contribution in [0.25, 0.3) is 0 Å². The molecular weight excluding hydrogens is 372 g/mol. The Morgan fingerprint density at radius 2 is 1.71 bits per heavy atom. The first-order chi connectivity index (χ1) is 13.3. The highest BCUT2D eigenvalue weighted by atomic mass is 35.5. The predicted octanol–water partition coefficient (Wildman–Crippen LogP) is 5.97. The zero-order chi connectivity index (χ0) is 20.4. The van der Waals surface area contributed by atoms with Crippen molar-refractivity contribution >= 4 is 34.8 Å². The van der Waals surface area contributed by atoms with E-state index in [-0.39, 0.29) is 23.7 Å². The van der Waals surface area contributed by atoms with Gasteiger partial charge in [0, 0.05) is 24.2 Å². The third-order valence-electron chi connectivity index (χ3n) is 5.18. The van der Waals surface area contributed by atoms with Gasteiger partial charge in [-0.25, -0.2) is 0 Å². The highest BCUT2D eigenvalue weighted by Gasteiger charge is 2.25. The lowest BCUT2D eigenvalue weighted by atomic mass is 9.92. The standard InChI is InChI=1S/C23H27ClN2O2/c1-14(2)17-7-5-8-18(15(3)4)22(17)25-23(28)16-10-11-19(24)20(13-16)26-12-6-9-21(26)27/h5,7-8,10-11,13-15H,6,9,12H2,1-4H3,(H,25,28). The Bertz CT molecular complexity index is 879. The Kier molecular flexibility index (Phi) is 6.09. The summed E-state index contributed by atoms with van der Waals surface area (Å²) in [7, 11) is 0. The van der Waals surface area contributed by atoms with Crippen molar-refractivity contribution in [2.45, 2.75) is 52.4 Å². The van der Waals surface area contributed by atoms with Crippen LogP contribution in [0, 0.1) is 0 Å². The van der Waals surface area contributed by atoms with Gasteiger partial charge in [-0.15, -0.1) is 0 Å².